The van der Waals surface area contributed by atoms with E-state index in [0.29, 0.717) is 10.6 Å². The number of nitrogens with zero attached hydrogens (tertiary/aromatic N) is 2. The molecule has 30 heavy (non-hydrogen) atoms. The fourth-order valence-electron chi connectivity index (χ4n) is 3.26. The molecule has 1 atom stereocenters. The van der Waals surface area contributed by atoms with Crippen LogP contribution in [0.15, 0.2) is 53.4 Å². The van der Waals surface area contributed by atoms with E-state index in [-0.39, 0.29) is 37.0 Å². The summed E-state index contributed by atoms with van der Waals surface area (Å²) in [7, 11) is -3.60. The number of hydrogen-bond acceptors (Lipinski definition) is 4. The number of rotatable bonds is 5. The quantitative estimate of drug-likeness (QED) is 0.758. The minimum absolute atomic E-state index is 0.202. The Kier molecular flexibility index (Phi) is 6.80. The molecule has 0 aliphatic carbocycles. The Morgan fingerprint density at radius 2 is 1.60 bits per heavy atom. The topological polar surface area (TPSA) is 86.8 Å². The summed E-state index contributed by atoms with van der Waals surface area (Å²) < 4.78 is 27.0. The Balaban J connectivity index is 1.59. The SMILES string of the molecule is Cc1ccc(S(=O)(=O)N2CCN(C(=O)[C@@H](C)NC(=O)c3ccccc3Cl)CC2)cc1. The van der Waals surface area contributed by atoms with Crippen LogP contribution in [-0.2, 0) is 14.8 Å². The second kappa shape index (κ2) is 9.16. The van der Waals surface area contributed by atoms with E-state index in [1.165, 1.54) is 4.31 Å². The summed E-state index contributed by atoms with van der Waals surface area (Å²) in [6.45, 7) is 4.42. The summed E-state index contributed by atoms with van der Waals surface area (Å²) in [6.07, 6.45) is 0. The van der Waals surface area contributed by atoms with Gasteiger partial charge in [0.15, 0.2) is 0 Å². The van der Waals surface area contributed by atoms with Gasteiger partial charge in [-0.25, -0.2) is 8.42 Å². The molecule has 0 spiro atoms. The predicted octanol–water partition coefficient (Wildman–Crippen LogP) is 2.30. The van der Waals surface area contributed by atoms with Crippen LogP contribution < -0.4 is 5.32 Å². The van der Waals surface area contributed by atoms with Crippen molar-refractivity contribution in [2.75, 3.05) is 26.2 Å². The van der Waals surface area contributed by atoms with E-state index < -0.39 is 22.0 Å². The number of hydrogen-bond donors (Lipinski definition) is 1. The highest BCUT2D eigenvalue weighted by molar-refractivity contribution is 7.89. The van der Waals surface area contributed by atoms with Gasteiger partial charge in [-0.1, -0.05) is 41.4 Å². The van der Waals surface area contributed by atoms with Crippen molar-refractivity contribution in [3.8, 4) is 0 Å². The highest BCUT2D eigenvalue weighted by atomic mass is 35.5. The van der Waals surface area contributed by atoms with Gasteiger partial charge >= 0.3 is 0 Å². The van der Waals surface area contributed by atoms with Crippen LogP contribution in [0.25, 0.3) is 0 Å². The van der Waals surface area contributed by atoms with Gasteiger partial charge in [-0.15, -0.1) is 0 Å². The molecular weight excluding hydrogens is 426 g/mol. The van der Waals surface area contributed by atoms with Crippen LogP contribution in [0.5, 0.6) is 0 Å². The highest BCUT2D eigenvalue weighted by Gasteiger charge is 2.32. The van der Waals surface area contributed by atoms with Crippen molar-refractivity contribution in [3.05, 3.63) is 64.7 Å². The summed E-state index contributed by atoms with van der Waals surface area (Å²) in [5, 5.41) is 2.97. The third kappa shape index (κ3) is 4.83. The average molecular weight is 450 g/mol. The third-order valence-corrected chi connectivity index (χ3v) is 7.29. The van der Waals surface area contributed by atoms with Gasteiger partial charge in [-0.2, -0.15) is 4.31 Å². The molecule has 3 rings (SSSR count). The van der Waals surface area contributed by atoms with E-state index in [1.54, 1.807) is 60.4 Å². The lowest BCUT2D eigenvalue weighted by Gasteiger charge is -2.35. The number of benzene rings is 2. The zero-order valence-electron chi connectivity index (χ0n) is 16.8. The fourth-order valence-corrected chi connectivity index (χ4v) is 4.91. The first-order valence-electron chi connectivity index (χ1n) is 9.61. The first-order chi connectivity index (χ1) is 14.2. The van der Waals surface area contributed by atoms with Crippen LogP contribution in [-0.4, -0.2) is 61.7 Å². The van der Waals surface area contributed by atoms with Crippen LogP contribution in [0.4, 0.5) is 0 Å². The molecule has 0 aromatic heterocycles. The van der Waals surface area contributed by atoms with E-state index in [1.807, 2.05) is 6.92 Å². The van der Waals surface area contributed by atoms with Crippen molar-refractivity contribution in [1.82, 2.24) is 14.5 Å². The Morgan fingerprint density at radius 3 is 2.20 bits per heavy atom. The normalized spacial score (nSPS) is 16.2. The molecule has 0 unspecified atom stereocenters. The number of piperazine rings is 1. The minimum atomic E-state index is -3.60. The van der Waals surface area contributed by atoms with Gasteiger partial charge in [-0.3, -0.25) is 9.59 Å². The van der Waals surface area contributed by atoms with Gasteiger partial charge in [0.2, 0.25) is 15.9 Å². The molecule has 7 nitrogen and oxygen atoms in total. The Hall–Kier alpha value is -2.42. The van der Waals surface area contributed by atoms with Crippen molar-refractivity contribution >= 4 is 33.4 Å². The first kappa shape index (κ1) is 22.3. The van der Waals surface area contributed by atoms with E-state index in [4.69, 9.17) is 11.6 Å². The second-order valence-electron chi connectivity index (χ2n) is 7.22. The summed E-state index contributed by atoms with van der Waals surface area (Å²) in [4.78, 5) is 26.9. The van der Waals surface area contributed by atoms with Crippen LogP contribution in [0.1, 0.15) is 22.8 Å². The van der Waals surface area contributed by atoms with Gasteiger partial charge in [-0.05, 0) is 38.1 Å². The molecule has 1 aliphatic heterocycles. The molecule has 160 valence electrons. The molecule has 2 aromatic rings. The van der Waals surface area contributed by atoms with Gasteiger partial charge in [0.25, 0.3) is 5.91 Å². The molecule has 1 saturated heterocycles. The van der Waals surface area contributed by atoms with E-state index in [2.05, 4.69) is 5.32 Å². The molecule has 9 heteroatoms. The standard InChI is InChI=1S/C21H24ClN3O4S/c1-15-7-9-17(10-8-15)30(28,29)25-13-11-24(12-14-25)21(27)16(2)23-20(26)18-5-3-4-6-19(18)22/h3-10,16H,11-14H2,1-2H3,(H,23,26)/t16-/m1/s1. The minimum Gasteiger partial charge on any atom is -0.340 e. The molecule has 2 aromatic carbocycles. The first-order valence-corrected chi connectivity index (χ1v) is 11.4. The van der Waals surface area contributed by atoms with E-state index in [0.717, 1.165) is 5.56 Å². The number of aryl methyl sites for hydroxylation is 1. The molecule has 1 aliphatic rings. The van der Waals surface area contributed by atoms with Gasteiger partial charge in [0.05, 0.1) is 15.5 Å². The molecular formula is C21H24ClN3O4S. The molecule has 1 fully saturated rings. The van der Waals surface area contributed by atoms with E-state index >= 15 is 0 Å². The summed E-state index contributed by atoms with van der Waals surface area (Å²) >= 11 is 6.03. The summed E-state index contributed by atoms with van der Waals surface area (Å²) in [5.41, 5.74) is 1.28. The van der Waals surface area contributed by atoms with E-state index in [9.17, 15) is 18.0 Å². The van der Waals surface area contributed by atoms with Gasteiger partial charge in [0, 0.05) is 26.2 Å². The number of amides is 2. The average Bonchev–Trinajstić information content (AvgIpc) is 2.73. The maximum absolute atomic E-state index is 12.8. The number of halogens is 1. The second-order valence-corrected chi connectivity index (χ2v) is 9.56. The Labute approximate surface area is 181 Å². The van der Waals surface area contributed by atoms with Crippen LogP contribution in [0.3, 0.4) is 0 Å². The zero-order valence-corrected chi connectivity index (χ0v) is 18.4. The lowest BCUT2D eigenvalue weighted by Crippen LogP contribution is -2.55. The predicted molar refractivity (Wildman–Crippen MR) is 115 cm³/mol. The lowest BCUT2D eigenvalue weighted by atomic mass is 10.2. The largest absolute Gasteiger partial charge is 0.340 e. The summed E-state index contributed by atoms with van der Waals surface area (Å²) in [5.74, 6) is -0.690. The fraction of sp³-hybridized carbons (Fsp3) is 0.333. The number of carbonyl (C=O) groups is 2. The van der Waals surface area contributed by atoms with Crippen molar-refractivity contribution < 1.29 is 18.0 Å². The third-order valence-electron chi connectivity index (χ3n) is 5.05. The molecule has 1 N–H and O–H groups in total. The van der Waals surface area contributed by atoms with Crippen molar-refractivity contribution in [2.24, 2.45) is 0 Å². The summed E-state index contributed by atoms with van der Waals surface area (Å²) in [6, 6.07) is 12.6. The number of carbonyl (C=O) groups excluding carboxylic acids is 2. The lowest BCUT2D eigenvalue weighted by molar-refractivity contribution is -0.134. The molecule has 1 heterocycles. The van der Waals surface area contributed by atoms with Crippen LogP contribution >= 0.6 is 11.6 Å². The zero-order chi connectivity index (χ0) is 21.9. The maximum Gasteiger partial charge on any atom is 0.253 e. The van der Waals surface area contributed by atoms with Gasteiger partial charge < -0.3 is 10.2 Å². The van der Waals surface area contributed by atoms with Crippen molar-refractivity contribution in [3.63, 3.8) is 0 Å². The van der Waals surface area contributed by atoms with Crippen molar-refractivity contribution in [2.45, 2.75) is 24.8 Å². The molecule has 0 saturated carbocycles. The molecule has 0 radical (unpaired) electrons. The Morgan fingerprint density at radius 1 is 1.00 bits per heavy atom. The smallest absolute Gasteiger partial charge is 0.253 e. The Bertz CT molecular complexity index is 1030. The monoisotopic (exact) mass is 449 g/mol. The highest BCUT2D eigenvalue weighted by Crippen LogP contribution is 2.19. The van der Waals surface area contributed by atoms with Crippen molar-refractivity contribution in [1.29, 1.82) is 0 Å². The number of sulfonamides is 1. The number of nitrogens with one attached hydrogen (secondary N) is 1. The maximum atomic E-state index is 12.8. The van der Waals surface area contributed by atoms with Crippen LogP contribution in [0.2, 0.25) is 5.02 Å². The molecule has 0 bridgehead atoms. The van der Waals surface area contributed by atoms with Gasteiger partial charge in [0.1, 0.15) is 6.04 Å². The molecule has 2 amide bonds. The van der Waals surface area contributed by atoms with Crippen LogP contribution in [0, 0.1) is 6.92 Å².